The van der Waals surface area contributed by atoms with Crippen molar-refractivity contribution in [2.24, 2.45) is 0 Å². The highest BCUT2D eigenvalue weighted by atomic mass is 19.1. The van der Waals surface area contributed by atoms with Crippen LogP contribution in [0.5, 0.6) is 0 Å². The van der Waals surface area contributed by atoms with Crippen LogP contribution in [0.25, 0.3) is 0 Å². The van der Waals surface area contributed by atoms with Gasteiger partial charge in [0.25, 0.3) is 0 Å². The molecule has 1 unspecified atom stereocenters. The van der Waals surface area contributed by atoms with Gasteiger partial charge in [-0.05, 0) is 23.6 Å². The van der Waals surface area contributed by atoms with E-state index in [4.69, 9.17) is 0 Å². The van der Waals surface area contributed by atoms with Crippen LogP contribution in [0.4, 0.5) is 4.39 Å². The third-order valence-corrected chi connectivity index (χ3v) is 2.41. The molecule has 1 aliphatic heterocycles. The Balaban J connectivity index is 2.52. The molecule has 0 aliphatic carbocycles. The molecule has 2 rings (SSSR count). The molecule has 0 saturated carbocycles. The molecule has 1 nitrogen and oxygen atoms in total. The summed E-state index contributed by atoms with van der Waals surface area (Å²) in [6.07, 6.45) is -0.825. The first kappa shape index (κ1) is 7.74. The minimum absolute atomic E-state index is 0.455. The number of nitrogens with one attached hydrogen (secondary N) is 1. The molecule has 1 heterocycles. The Morgan fingerprint density at radius 2 is 2.33 bits per heavy atom. The standard InChI is InChI=1S/C10H12FN/c1-7-3-2-4-8-9(7)5-12-6-10(8)11/h2-4,10,12H,5-6H2,1H3. The van der Waals surface area contributed by atoms with Gasteiger partial charge in [-0.3, -0.25) is 0 Å². The number of benzene rings is 1. The first-order chi connectivity index (χ1) is 5.79. The normalized spacial score (nSPS) is 22.0. The lowest BCUT2D eigenvalue weighted by Crippen LogP contribution is -2.26. The van der Waals surface area contributed by atoms with Crippen LogP contribution in [0, 0.1) is 6.92 Å². The quantitative estimate of drug-likeness (QED) is 0.620. The fourth-order valence-corrected chi connectivity index (χ4v) is 1.69. The second-order valence-electron chi connectivity index (χ2n) is 3.24. The molecule has 1 aromatic carbocycles. The van der Waals surface area contributed by atoms with Crippen molar-refractivity contribution in [1.29, 1.82) is 0 Å². The smallest absolute Gasteiger partial charge is 0.138 e. The number of alkyl halides is 1. The summed E-state index contributed by atoms with van der Waals surface area (Å²) in [5.74, 6) is 0. The minimum atomic E-state index is -0.825. The topological polar surface area (TPSA) is 12.0 Å². The molecule has 0 bridgehead atoms. The van der Waals surface area contributed by atoms with Crippen LogP contribution in [-0.2, 0) is 6.54 Å². The summed E-state index contributed by atoms with van der Waals surface area (Å²) in [6, 6.07) is 5.83. The first-order valence-corrected chi connectivity index (χ1v) is 4.22. The van der Waals surface area contributed by atoms with E-state index in [0.717, 1.165) is 17.7 Å². The van der Waals surface area contributed by atoms with Crippen LogP contribution in [0.1, 0.15) is 22.9 Å². The Kier molecular flexibility index (Phi) is 1.85. The predicted molar refractivity (Wildman–Crippen MR) is 46.7 cm³/mol. The van der Waals surface area contributed by atoms with E-state index in [0.29, 0.717) is 6.54 Å². The molecule has 1 aliphatic rings. The van der Waals surface area contributed by atoms with Gasteiger partial charge >= 0.3 is 0 Å². The molecule has 0 amide bonds. The van der Waals surface area contributed by atoms with Crippen molar-refractivity contribution < 1.29 is 4.39 Å². The lowest BCUT2D eigenvalue weighted by Gasteiger charge is -2.22. The molecular formula is C10H12FN. The Hall–Kier alpha value is -0.890. The van der Waals surface area contributed by atoms with Crippen LogP contribution in [0.2, 0.25) is 0 Å². The van der Waals surface area contributed by atoms with E-state index in [1.807, 2.05) is 25.1 Å². The predicted octanol–water partition coefficient (Wildman–Crippen LogP) is 2.11. The zero-order valence-corrected chi connectivity index (χ0v) is 7.10. The summed E-state index contributed by atoms with van der Waals surface area (Å²) in [4.78, 5) is 0. The summed E-state index contributed by atoms with van der Waals surface area (Å²) in [5, 5.41) is 3.06. The van der Waals surface area contributed by atoms with Crippen LogP contribution >= 0.6 is 0 Å². The molecule has 0 saturated heterocycles. The molecule has 2 heteroatoms. The Morgan fingerprint density at radius 3 is 3.08 bits per heavy atom. The number of hydrogen-bond donors (Lipinski definition) is 1. The third kappa shape index (κ3) is 1.12. The van der Waals surface area contributed by atoms with Crippen LogP contribution in [0.15, 0.2) is 18.2 Å². The van der Waals surface area contributed by atoms with E-state index >= 15 is 0 Å². The summed E-state index contributed by atoms with van der Waals surface area (Å²) in [7, 11) is 0. The number of fused-ring (bicyclic) bond motifs is 1. The number of hydrogen-bond acceptors (Lipinski definition) is 1. The molecule has 1 aromatic rings. The maximum absolute atomic E-state index is 13.3. The van der Waals surface area contributed by atoms with E-state index in [9.17, 15) is 4.39 Å². The minimum Gasteiger partial charge on any atom is -0.309 e. The van der Waals surface area contributed by atoms with Crippen molar-refractivity contribution >= 4 is 0 Å². The summed E-state index contributed by atoms with van der Waals surface area (Å²) in [5.41, 5.74) is 3.19. The molecular weight excluding hydrogens is 153 g/mol. The average Bonchev–Trinajstić information content (AvgIpc) is 2.07. The van der Waals surface area contributed by atoms with E-state index in [1.165, 1.54) is 5.56 Å². The van der Waals surface area contributed by atoms with Crippen molar-refractivity contribution in [3.05, 3.63) is 34.9 Å². The third-order valence-electron chi connectivity index (χ3n) is 2.41. The van der Waals surface area contributed by atoms with E-state index < -0.39 is 6.17 Å². The Bertz CT molecular complexity index is 296. The highest BCUT2D eigenvalue weighted by Gasteiger charge is 2.19. The second kappa shape index (κ2) is 2.87. The van der Waals surface area contributed by atoms with Gasteiger partial charge in [-0.1, -0.05) is 18.2 Å². The first-order valence-electron chi connectivity index (χ1n) is 4.22. The molecule has 0 spiro atoms. The van der Waals surface area contributed by atoms with Gasteiger partial charge < -0.3 is 5.32 Å². The van der Waals surface area contributed by atoms with Gasteiger partial charge in [-0.2, -0.15) is 0 Å². The van der Waals surface area contributed by atoms with Gasteiger partial charge in [0, 0.05) is 13.1 Å². The zero-order chi connectivity index (χ0) is 8.55. The van der Waals surface area contributed by atoms with Gasteiger partial charge in [0.1, 0.15) is 6.17 Å². The van der Waals surface area contributed by atoms with Gasteiger partial charge in [-0.25, -0.2) is 4.39 Å². The zero-order valence-electron chi connectivity index (χ0n) is 7.10. The maximum atomic E-state index is 13.3. The van der Waals surface area contributed by atoms with Crippen LogP contribution in [-0.4, -0.2) is 6.54 Å². The highest BCUT2D eigenvalue weighted by Crippen LogP contribution is 2.26. The van der Waals surface area contributed by atoms with Gasteiger partial charge in [0.15, 0.2) is 0 Å². The monoisotopic (exact) mass is 165 g/mol. The largest absolute Gasteiger partial charge is 0.309 e. The van der Waals surface area contributed by atoms with Gasteiger partial charge in [0.2, 0.25) is 0 Å². The number of rotatable bonds is 0. The molecule has 1 N–H and O–H groups in total. The average molecular weight is 165 g/mol. The summed E-state index contributed by atoms with van der Waals surface area (Å²) < 4.78 is 13.3. The molecule has 1 atom stereocenters. The molecule has 0 aromatic heterocycles. The molecule has 0 fully saturated rings. The highest BCUT2D eigenvalue weighted by molar-refractivity contribution is 5.37. The SMILES string of the molecule is Cc1cccc2c1CNCC2F. The Labute approximate surface area is 71.6 Å². The van der Waals surface area contributed by atoms with Crippen molar-refractivity contribution in [3.8, 4) is 0 Å². The van der Waals surface area contributed by atoms with E-state index in [1.54, 1.807) is 0 Å². The van der Waals surface area contributed by atoms with Crippen molar-refractivity contribution in [2.75, 3.05) is 6.54 Å². The molecule has 0 radical (unpaired) electrons. The number of halogens is 1. The molecule has 64 valence electrons. The van der Waals surface area contributed by atoms with Crippen molar-refractivity contribution in [1.82, 2.24) is 5.32 Å². The Morgan fingerprint density at radius 1 is 1.50 bits per heavy atom. The fraction of sp³-hybridized carbons (Fsp3) is 0.400. The second-order valence-corrected chi connectivity index (χ2v) is 3.24. The van der Waals surface area contributed by atoms with E-state index in [2.05, 4.69) is 5.32 Å². The van der Waals surface area contributed by atoms with Crippen LogP contribution < -0.4 is 5.32 Å². The lowest BCUT2D eigenvalue weighted by molar-refractivity contribution is 0.310. The molecule has 12 heavy (non-hydrogen) atoms. The summed E-state index contributed by atoms with van der Waals surface area (Å²) >= 11 is 0. The fourth-order valence-electron chi connectivity index (χ4n) is 1.69. The lowest BCUT2D eigenvalue weighted by atomic mass is 9.96. The van der Waals surface area contributed by atoms with Crippen molar-refractivity contribution in [3.63, 3.8) is 0 Å². The van der Waals surface area contributed by atoms with Gasteiger partial charge in [0.05, 0.1) is 0 Å². The van der Waals surface area contributed by atoms with Crippen molar-refractivity contribution in [2.45, 2.75) is 19.6 Å². The van der Waals surface area contributed by atoms with E-state index in [-0.39, 0.29) is 0 Å². The maximum Gasteiger partial charge on any atom is 0.138 e. The van der Waals surface area contributed by atoms with Gasteiger partial charge in [-0.15, -0.1) is 0 Å². The number of aryl methyl sites for hydroxylation is 1. The van der Waals surface area contributed by atoms with Crippen LogP contribution in [0.3, 0.4) is 0 Å². The summed E-state index contributed by atoms with van der Waals surface area (Å²) in [6.45, 7) is 3.29.